The highest BCUT2D eigenvalue weighted by Gasteiger charge is 2.18. The standard InChI is InChI=1S/C15H16N2O3S/c18-14(17-12-7-13(15(19)20)16-8-12)11(9-21)6-10-4-2-1-3-5-10/h1-5,7-8,11,16,21H,6,9H2,(H,17,18)(H,19,20). The number of aromatic carboxylic acids is 1. The fourth-order valence-electron chi connectivity index (χ4n) is 1.97. The van der Waals surface area contributed by atoms with Gasteiger partial charge in [-0.05, 0) is 18.1 Å². The molecule has 2 rings (SSSR count). The van der Waals surface area contributed by atoms with Crippen LogP contribution >= 0.6 is 12.6 Å². The molecule has 1 heterocycles. The first kappa shape index (κ1) is 15.2. The van der Waals surface area contributed by atoms with Crippen LogP contribution in [0.3, 0.4) is 0 Å². The third-order valence-electron chi connectivity index (χ3n) is 3.10. The van der Waals surface area contributed by atoms with Crippen molar-refractivity contribution in [2.75, 3.05) is 11.1 Å². The van der Waals surface area contributed by atoms with E-state index in [1.807, 2.05) is 30.3 Å². The zero-order valence-electron chi connectivity index (χ0n) is 11.2. The van der Waals surface area contributed by atoms with Crippen LogP contribution in [0.1, 0.15) is 16.1 Å². The van der Waals surface area contributed by atoms with E-state index in [0.717, 1.165) is 5.56 Å². The average molecular weight is 304 g/mol. The van der Waals surface area contributed by atoms with Gasteiger partial charge in [-0.25, -0.2) is 4.79 Å². The Balaban J connectivity index is 2.01. The number of rotatable bonds is 6. The molecule has 0 fully saturated rings. The topological polar surface area (TPSA) is 82.2 Å². The minimum absolute atomic E-state index is 0.0378. The second-order valence-corrected chi connectivity index (χ2v) is 5.03. The van der Waals surface area contributed by atoms with E-state index in [9.17, 15) is 9.59 Å². The first-order valence-electron chi connectivity index (χ1n) is 6.47. The molecule has 1 aromatic heterocycles. The Morgan fingerprint density at radius 2 is 2.00 bits per heavy atom. The van der Waals surface area contributed by atoms with Gasteiger partial charge in [0.1, 0.15) is 5.69 Å². The highest BCUT2D eigenvalue weighted by Crippen LogP contribution is 2.15. The molecule has 3 N–H and O–H groups in total. The smallest absolute Gasteiger partial charge is 0.352 e. The lowest BCUT2D eigenvalue weighted by molar-refractivity contribution is -0.119. The van der Waals surface area contributed by atoms with E-state index in [0.29, 0.717) is 17.9 Å². The van der Waals surface area contributed by atoms with Crippen molar-refractivity contribution in [1.29, 1.82) is 0 Å². The largest absolute Gasteiger partial charge is 0.477 e. The average Bonchev–Trinajstić information content (AvgIpc) is 2.94. The Morgan fingerprint density at radius 3 is 2.57 bits per heavy atom. The summed E-state index contributed by atoms with van der Waals surface area (Å²) in [5, 5.41) is 11.5. The summed E-state index contributed by atoms with van der Waals surface area (Å²) >= 11 is 4.23. The molecule has 0 aliphatic carbocycles. The Bertz CT molecular complexity index is 625. The van der Waals surface area contributed by atoms with Crippen LogP contribution in [0.5, 0.6) is 0 Å². The summed E-state index contributed by atoms with van der Waals surface area (Å²) in [5.41, 5.74) is 1.54. The number of amides is 1. The van der Waals surface area contributed by atoms with Gasteiger partial charge in [0.2, 0.25) is 5.91 Å². The third-order valence-corrected chi connectivity index (χ3v) is 3.54. The molecule has 1 unspecified atom stereocenters. The number of nitrogens with one attached hydrogen (secondary N) is 2. The van der Waals surface area contributed by atoms with Crippen molar-refractivity contribution >= 4 is 30.2 Å². The van der Waals surface area contributed by atoms with Gasteiger partial charge in [-0.15, -0.1) is 0 Å². The SMILES string of the molecule is O=C(O)c1cc(NC(=O)C(CS)Cc2ccccc2)c[nH]1. The van der Waals surface area contributed by atoms with Gasteiger partial charge in [-0.1, -0.05) is 30.3 Å². The molecule has 2 aromatic rings. The number of thiol groups is 1. The Labute approximate surface area is 127 Å². The number of H-pyrrole nitrogens is 1. The van der Waals surface area contributed by atoms with E-state index in [-0.39, 0.29) is 17.5 Å². The first-order chi connectivity index (χ1) is 10.1. The zero-order valence-corrected chi connectivity index (χ0v) is 12.1. The van der Waals surface area contributed by atoms with Crippen LogP contribution in [0, 0.1) is 5.92 Å². The minimum atomic E-state index is -1.06. The number of carboxylic acid groups (broad SMARTS) is 1. The molecule has 0 saturated heterocycles. The maximum absolute atomic E-state index is 12.2. The minimum Gasteiger partial charge on any atom is -0.477 e. The molecule has 6 heteroatoms. The first-order valence-corrected chi connectivity index (χ1v) is 7.10. The van der Waals surface area contributed by atoms with Gasteiger partial charge in [0.25, 0.3) is 0 Å². The number of carbonyl (C=O) groups is 2. The Hall–Kier alpha value is -2.21. The molecule has 0 saturated carbocycles. The summed E-state index contributed by atoms with van der Waals surface area (Å²) in [7, 11) is 0. The maximum Gasteiger partial charge on any atom is 0.352 e. The number of benzene rings is 1. The lowest BCUT2D eigenvalue weighted by Crippen LogP contribution is -2.25. The predicted octanol–water partition coefficient (Wildman–Crippen LogP) is 2.44. The number of carboxylic acids is 1. The van der Waals surface area contributed by atoms with Gasteiger partial charge < -0.3 is 15.4 Å². The van der Waals surface area contributed by atoms with Gasteiger partial charge in [-0.2, -0.15) is 12.6 Å². The van der Waals surface area contributed by atoms with E-state index in [1.54, 1.807) is 0 Å². The van der Waals surface area contributed by atoms with Crippen LogP contribution in [-0.4, -0.2) is 27.7 Å². The van der Waals surface area contributed by atoms with Crippen molar-refractivity contribution in [3.63, 3.8) is 0 Å². The van der Waals surface area contributed by atoms with E-state index in [4.69, 9.17) is 5.11 Å². The van der Waals surface area contributed by atoms with Crippen LogP contribution in [0.4, 0.5) is 5.69 Å². The predicted molar refractivity (Wildman–Crippen MR) is 83.9 cm³/mol. The number of anilines is 1. The van der Waals surface area contributed by atoms with Crippen LogP contribution in [-0.2, 0) is 11.2 Å². The molecule has 1 atom stereocenters. The number of carbonyl (C=O) groups excluding carboxylic acids is 1. The Morgan fingerprint density at radius 1 is 1.29 bits per heavy atom. The summed E-state index contributed by atoms with van der Waals surface area (Å²) in [6, 6.07) is 11.1. The van der Waals surface area contributed by atoms with E-state index >= 15 is 0 Å². The zero-order chi connectivity index (χ0) is 15.2. The van der Waals surface area contributed by atoms with E-state index in [1.165, 1.54) is 12.3 Å². The van der Waals surface area contributed by atoms with Crippen LogP contribution in [0.15, 0.2) is 42.6 Å². The molecular weight excluding hydrogens is 288 g/mol. The van der Waals surface area contributed by atoms with Gasteiger partial charge in [0.05, 0.1) is 11.6 Å². The van der Waals surface area contributed by atoms with Crippen LogP contribution < -0.4 is 5.32 Å². The van der Waals surface area contributed by atoms with Crippen molar-refractivity contribution in [1.82, 2.24) is 4.98 Å². The number of aromatic nitrogens is 1. The number of aromatic amines is 1. The van der Waals surface area contributed by atoms with Crippen molar-refractivity contribution in [3.8, 4) is 0 Å². The fourth-order valence-corrected chi connectivity index (χ4v) is 2.27. The third kappa shape index (κ3) is 4.13. The molecule has 1 amide bonds. The molecule has 5 nitrogen and oxygen atoms in total. The van der Waals surface area contributed by atoms with Gasteiger partial charge in [0.15, 0.2) is 0 Å². The second kappa shape index (κ2) is 6.99. The molecular formula is C15H16N2O3S. The van der Waals surface area contributed by atoms with Gasteiger partial charge in [-0.3, -0.25) is 4.79 Å². The quantitative estimate of drug-likeness (QED) is 0.619. The molecule has 21 heavy (non-hydrogen) atoms. The van der Waals surface area contributed by atoms with Crippen LogP contribution in [0.2, 0.25) is 0 Å². The molecule has 0 bridgehead atoms. The molecule has 0 spiro atoms. The molecule has 0 aliphatic heterocycles. The molecule has 0 radical (unpaired) electrons. The lowest BCUT2D eigenvalue weighted by Gasteiger charge is -2.14. The molecule has 0 aliphatic rings. The molecule has 1 aromatic carbocycles. The fraction of sp³-hybridized carbons (Fsp3) is 0.200. The number of hydrogen-bond donors (Lipinski definition) is 4. The summed E-state index contributed by atoms with van der Waals surface area (Å²) in [5.74, 6) is -1.11. The monoisotopic (exact) mass is 304 g/mol. The highest BCUT2D eigenvalue weighted by atomic mass is 32.1. The maximum atomic E-state index is 12.2. The van der Waals surface area contributed by atoms with E-state index < -0.39 is 5.97 Å². The Kier molecular flexibility index (Phi) is 5.05. The normalized spacial score (nSPS) is 11.9. The van der Waals surface area contributed by atoms with Crippen molar-refractivity contribution in [2.24, 2.45) is 5.92 Å². The summed E-state index contributed by atoms with van der Waals surface area (Å²) in [4.78, 5) is 25.6. The summed E-state index contributed by atoms with van der Waals surface area (Å²) in [6.45, 7) is 0. The van der Waals surface area contributed by atoms with Gasteiger partial charge in [0, 0.05) is 11.9 Å². The number of hydrogen-bond acceptors (Lipinski definition) is 3. The van der Waals surface area contributed by atoms with Gasteiger partial charge >= 0.3 is 5.97 Å². The second-order valence-electron chi connectivity index (χ2n) is 4.67. The lowest BCUT2D eigenvalue weighted by atomic mass is 10.0. The van der Waals surface area contributed by atoms with Crippen LogP contribution in [0.25, 0.3) is 0 Å². The summed E-state index contributed by atoms with van der Waals surface area (Å²) in [6.07, 6.45) is 2.05. The van der Waals surface area contributed by atoms with Crippen molar-refractivity contribution in [3.05, 3.63) is 53.9 Å². The highest BCUT2D eigenvalue weighted by molar-refractivity contribution is 7.80. The van der Waals surface area contributed by atoms with E-state index in [2.05, 4.69) is 22.9 Å². The summed E-state index contributed by atoms with van der Waals surface area (Å²) < 4.78 is 0. The van der Waals surface area contributed by atoms with Crippen molar-refractivity contribution < 1.29 is 14.7 Å². The van der Waals surface area contributed by atoms with Crippen molar-refractivity contribution in [2.45, 2.75) is 6.42 Å². The molecule has 110 valence electrons.